The van der Waals surface area contributed by atoms with Crippen LogP contribution in [0.4, 0.5) is 0 Å². The fourth-order valence-electron chi connectivity index (χ4n) is 8.98. The van der Waals surface area contributed by atoms with Crippen LogP contribution in [0, 0.1) is 52.3 Å². The van der Waals surface area contributed by atoms with Gasteiger partial charge in [0.15, 0.2) is 0 Å². The van der Waals surface area contributed by atoms with E-state index in [9.17, 15) is 0 Å². The predicted molar refractivity (Wildman–Crippen MR) is 120 cm³/mol. The molecule has 0 radical (unpaired) electrons. The Morgan fingerprint density at radius 3 is 2.15 bits per heavy atom. The van der Waals surface area contributed by atoms with E-state index in [0.29, 0.717) is 10.8 Å². The summed E-state index contributed by atoms with van der Waals surface area (Å²) in [5, 5.41) is 0. The molecule has 9 unspecified atom stereocenters. The third-order valence-electron chi connectivity index (χ3n) is 10.8. The van der Waals surface area contributed by atoms with Gasteiger partial charge in [-0.2, -0.15) is 0 Å². The molecule has 0 saturated heterocycles. The lowest BCUT2D eigenvalue weighted by atomic mass is 9.44. The van der Waals surface area contributed by atoms with Crippen molar-refractivity contribution in [2.75, 3.05) is 0 Å². The molecule has 0 heterocycles. The van der Waals surface area contributed by atoms with Crippen molar-refractivity contribution < 1.29 is 0 Å². The van der Waals surface area contributed by atoms with Crippen molar-refractivity contribution in [2.45, 2.75) is 119 Å². The molecular formula is C27H50. The van der Waals surface area contributed by atoms with Crippen LogP contribution in [0.2, 0.25) is 0 Å². The minimum Gasteiger partial charge on any atom is -0.0683 e. The van der Waals surface area contributed by atoms with E-state index in [-0.39, 0.29) is 0 Å². The molecule has 4 aliphatic carbocycles. The first kappa shape index (κ1) is 21.7. The maximum atomic E-state index is 2.74. The highest BCUT2D eigenvalue weighted by Gasteiger charge is 2.60. The van der Waals surface area contributed by atoms with E-state index in [1.165, 1.54) is 25.7 Å². The van der Waals surface area contributed by atoms with Gasteiger partial charge in [-0.05, 0) is 110 Å². The van der Waals surface area contributed by atoms with Crippen molar-refractivity contribution in [3.8, 4) is 0 Å². The Morgan fingerprint density at radius 2 is 1.48 bits per heavy atom. The Labute approximate surface area is 171 Å². The summed E-state index contributed by atoms with van der Waals surface area (Å²) in [6.45, 7) is 16.9. The van der Waals surface area contributed by atoms with Crippen LogP contribution in [-0.2, 0) is 0 Å². The maximum absolute atomic E-state index is 2.74. The molecule has 0 heteroatoms. The smallest absolute Gasteiger partial charge is 0.0264 e. The van der Waals surface area contributed by atoms with Crippen LogP contribution in [0.5, 0.6) is 0 Å². The van der Waals surface area contributed by atoms with Crippen molar-refractivity contribution in [3.63, 3.8) is 0 Å². The molecule has 4 rings (SSSR count). The molecule has 4 saturated carbocycles. The first-order chi connectivity index (χ1) is 12.9. The van der Waals surface area contributed by atoms with Crippen molar-refractivity contribution in [2.24, 2.45) is 52.3 Å². The Hall–Kier alpha value is 0. The van der Waals surface area contributed by atoms with Gasteiger partial charge in [0.05, 0.1) is 0 Å². The highest BCUT2D eigenvalue weighted by molar-refractivity contribution is 5.09. The van der Waals surface area contributed by atoms with E-state index in [1.54, 1.807) is 44.9 Å². The van der Waals surface area contributed by atoms with E-state index in [0.717, 1.165) is 41.4 Å². The molecule has 0 aromatic heterocycles. The van der Waals surface area contributed by atoms with Crippen molar-refractivity contribution >= 4 is 0 Å². The number of hydrogen-bond acceptors (Lipinski definition) is 0. The molecule has 0 bridgehead atoms. The Morgan fingerprint density at radius 1 is 0.815 bits per heavy atom. The number of rotatable bonds is 3. The van der Waals surface area contributed by atoms with Crippen molar-refractivity contribution in [1.82, 2.24) is 0 Å². The zero-order valence-corrected chi connectivity index (χ0v) is 19.8. The van der Waals surface area contributed by atoms with Gasteiger partial charge in [0.1, 0.15) is 0 Å². The van der Waals surface area contributed by atoms with Crippen molar-refractivity contribution in [3.05, 3.63) is 0 Å². The topological polar surface area (TPSA) is 0 Å². The molecule has 4 fully saturated rings. The van der Waals surface area contributed by atoms with Gasteiger partial charge in [0.2, 0.25) is 0 Å². The Bertz CT molecular complexity index is 480. The zero-order chi connectivity index (χ0) is 19.8. The van der Waals surface area contributed by atoms with Crippen LogP contribution in [0.3, 0.4) is 0 Å². The minimum atomic E-state index is 0.681. The van der Waals surface area contributed by atoms with E-state index in [1.807, 2.05) is 13.8 Å². The third kappa shape index (κ3) is 3.44. The first-order valence-corrected chi connectivity index (χ1v) is 12.9. The van der Waals surface area contributed by atoms with E-state index in [2.05, 4.69) is 34.6 Å². The van der Waals surface area contributed by atoms with Gasteiger partial charge in [-0.15, -0.1) is 0 Å². The fraction of sp³-hybridized carbons (Fsp3) is 1.00. The maximum Gasteiger partial charge on any atom is -0.0264 e. The molecule has 0 amide bonds. The summed E-state index contributed by atoms with van der Waals surface area (Å²) < 4.78 is 0. The molecule has 4 aliphatic rings. The average Bonchev–Trinajstić information content (AvgIpc) is 3.05. The number of hydrogen-bond donors (Lipinski definition) is 0. The largest absolute Gasteiger partial charge is 0.0683 e. The van der Waals surface area contributed by atoms with Crippen LogP contribution in [0.1, 0.15) is 119 Å². The van der Waals surface area contributed by atoms with Gasteiger partial charge >= 0.3 is 0 Å². The lowest BCUT2D eigenvalue weighted by Crippen LogP contribution is -2.53. The van der Waals surface area contributed by atoms with E-state index >= 15 is 0 Å². The molecule has 0 spiro atoms. The van der Waals surface area contributed by atoms with Gasteiger partial charge < -0.3 is 0 Å². The quantitative estimate of drug-likeness (QED) is 0.463. The standard InChI is InChI=1S/C25H44.C2H6/c1-6-17(3)21-10-11-22-20-9-8-19-16-18(7-2)12-14-24(19,4)23(20)13-15-25(21,22)5;1-2/h17-23H,6-16H2,1-5H3;1-2H3. The highest BCUT2D eigenvalue weighted by atomic mass is 14.6. The van der Waals surface area contributed by atoms with Crippen LogP contribution in [0.25, 0.3) is 0 Å². The molecule has 0 aromatic rings. The van der Waals surface area contributed by atoms with Crippen LogP contribution in [0.15, 0.2) is 0 Å². The molecule has 0 nitrogen and oxygen atoms in total. The summed E-state index contributed by atoms with van der Waals surface area (Å²) in [6.07, 6.45) is 16.8. The lowest BCUT2D eigenvalue weighted by Gasteiger charge is -2.61. The Kier molecular flexibility index (Phi) is 6.75. The summed E-state index contributed by atoms with van der Waals surface area (Å²) in [5.74, 6) is 7.27. The SMILES string of the molecule is CC.CCC1CCC2(C)C(CCC3C2CCC2(C)C(C(C)CC)CCC32)C1. The van der Waals surface area contributed by atoms with E-state index in [4.69, 9.17) is 0 Å². The van der Waals surface area contributed by atoms with Gasteiger partial charge in [-0.25, -0.2) is 0 Å². The normalized spacial score (nSPS) is 49.9. The second-order valence-corrected chi connectivity index (χ2v) is 11.3. The summed E-state index contributed by atoms with van der Waals surface area (Å²) in [4.78, 5) is 0. The summed E-state index contributed by atoms with van der Waals surface area (Å²) in [6, 6.07) is 0. The molecule has 0 N–H and O–H groups in total. The second kappa shape index (κ2) is 8.39. The molecule has 0 aromatic carbocycles. The third-order valence-corrected chi connectivity index (χ3v) is 10.8. The van der Waals surface area contributed by atoms with Crippen LogP contribution >= 0.6 is 0 Å². The minimum absolute atomic E-state index is 0.681. The Balaban J connectivity index is 0.00000102. The highest BCUT2D eigenvalue weighted by Crippen LogP contribution is 2.68. The lowest BCUT2D eigenvalue weighted by molar-refractivity contribution is -0.121. The van der Waals surface area contributed by atoms with E-state index < -0.39 is 0 Å². The van der Waals surface area contributed by atoms with Crippen LogP contribution < -0.4 is 0 Å². The average molecular weight is 375 g/mol. The van der Waals surface area contributed by atoms with Gasteiger partial charge in [-0.1, -0.05) is 61.3 Å². The summed E-state index contributed by atoms with van der Waals surface area (Å²) in [7, 11) is 0. The predicted octanol–water partition coefficient (Wildman–Crippen LogP) is 8.74. The van der Waals surface area contributed by atoms with Crippen LogP contribution in [-0.4, -0.2) is 0 Å². The molecular weight excluding hydrogens is 324 g/mol. The van der Waals surface area contributed by atoms with Gasteiger partial charge in [0, 0.05) is 0 Å². The molecule has 0 aliphatic heterocycles. The summed E-state index contributed by atoms with van der Waals surface area (Å²) >= 11 is 0. The molecule has 9 atom stereocenters. The monoisotopic (exact) mass is 374 g/mol. The zero-order valence-electron chi connectivity index (χ0n) is 19.8. The molecule has 158 valence electrons. The molecule has 27 heavy (non-hydrogen) atoms. The van der Waals surface area contributed by atoms with Gasteiger partial charge in [-0.3, -0.25) is 0 Å². The number of fused-ring (bicyclic) bond motifs is 5. The second-order valence-electron chi connectivity index (χ2n) is 11.3. The van der Waals surface area contributed by atoms with Gasteiger partial charge in [0.25, 0.3) is 0 Å². The fourth-order valence-corrected chi connectivity index (χ4v) is 8.98. The van der Waals surface area contributed by atoms with Crippen molar-refractivity contribution in [1.29, 1.82) is 0 Å². The first-order valence-electron chi connectivity index (χ1n) is 12.9. The summed E-state index contributed by atoms with van der Waals surface area (Å²) in [5.41, 5.74) is 1.38.